The second-order valence-corrected chi connectivity index (χ2v) is 7.86. The predicted octanol–water partition coefficient (Wildman–Crippen LogP) is 8.02. The summed E-state index contributed by atoms with van der Waals surface area (Å²) in [5, 5.41) is 0. The Labute approximate surface area is 175 Å². The van der Waals surface area contributed by atoms with Gasteiger partial charge in [-0.25, -0.2) is 4.39 Å². The van der Waals surface area contributed by atoms with Crippen LogP contribution in [0.4, 0.5) is 4.39 Å². The van der Waals surface area contributed by atoms with Crippen LogP contribution in [-0.2, 0) is 12.8 Å². The summed E-state index contributed by atoms with van der Waals surface area (Å²) >= 11 is 0. The average molecular weight is 390 g/mol. The Hall–Kier alpha value is -2.48. The molecule has 2 aromatic carbocycles. The molecule has 0 bridgehead atoms. The molecule has 0 spiro atoms. The number of halogens is 1. The molecule has 0 saturated heterocycles. The number of hydrogen-bond donors (Lipinski definition) is 0. The van der Waals surface area contributed by atoms with Gasteiger partial charge in [-0.2, -0.15) is 0 Å². The lowest BCUT2D eigenvalue weighted by atomic mass is 10.0. The van der Waals surface area contributed by atoms with Crippen LogP contribution in [0.3, 0.4) is 0 Å². The van der Waals surface area contributed by atoms with Crippen LogP contribution in [-0.4, -0.2) is 4.98 Å². The van der Waals surface area contributed by atoms with Gasteiger partial charge in [-0.1, -0.05) is 82.3 Å². The molecule has 0 radical (unpaired) electrons. The van der Waals surface area contributed by atoms with Crippen molar-refractivity contribution in [1.29, 1.82) is 0 Å². The molecule has 1 nitrogen and oxygen atoms in total. The third-order valence-electron chi connectivity index (χ3n) is 5.47. The first-order chi connectivity index (χ1) is 14.2. The van der Waals surface area contributed by atoms with Gasteiger partial charge in [-0.3, -0.25) is 4.98 Å². The summed E-state index contributed by atoms with van der Waals surface area (Å²) in [7, 11) is 0. The zero-order valence-corrected chi connectivity index (χ0v) is 17.8. The maximum atomic E-state index is 14.5. The molecule has 0 amide bonds. The zero-order chi connectivity index (χ0) is 20.5. The number of aryl methyl sites for hydroxylation is 2. The highest BCUT2D eigenvalue weighted by molar-refractivity contribution is 5.67. The number of pyridine rings is 1. The quantitative estimate of drug-likeness (QED) is 0.320. The third kappa shape index (κ3) is 6.00. The first-order valence-corrected chi connectivity index (χ1v) is 11.1. The van der Waals surface area contributed by atoms with Crippen LogP contribution in [0.25, 0.3) is 22.4 Å². The molecular weight excluding hydrogens is 357 g/mol. The fourth-order valence-electron chi connectivity index (χ4n) is 3.73. The van der Waals surface area contributed by atoms with Gasteiger partial charge >= 0.3 is 0 Å². The van der Waals surface area contributed by atoms with Crippen molar-refractivity contribution in [2.75, 3.05) is 0 Å². The van der Waals surface area contributed by atoms with Crippen LogP contribution in [0.15, 0.2) is 60.8 Å². The van der Waals surface area contributed by atoms with Crippen molar-refractivity contribution >= 4 is 0 Å². The number of nitrogens with zero attached hydrogens (tertiary/aromatic N) is 1. The normalized spacial score (nSPS) is 11.0. The largest absolute Gasteiger partial charge is 0.256 e. The Morgan fingerprint density at radius 1 is 0.690 bits per heavy atom. The highest BCUT2D eigenvalue weighted by Crippen LogP contribution is 2.26. The number of hydrogen-bond acceptors (Lipinski definition) is 1. The molecule has 0 unspecified atom stereocenters. The van der Waals surface area contributed by atoms with Gasteiger partial charge in [-0.15, -0.1) is 0 Å². The molecular formula is C27H32FN. The van der Waals surface area contributed by atoms with E-state index in [4.69, 9.17) is 0 Å². The molecule has 0 saturated carbocycles. The predicted molar refractivity (Wildman–Crippen MR) is 122 cm³/mol. The van der Waals surface area contributed by atoms with E-state index in [1.54, 1.807) is 6.07 Å². The minimum atomic E-state index is -0.195. The molecule has 3 aromatic rings. The minimum Gasteiger partial charge on any atom is -0.256 e. The number of benzene rings is 2. The Morgan fingerprint density at radius 2 is 1.41 bits per heavy atom. The number of aromatic nitrogens is 1. The van der Waals surface area contributed by atoms with E-state index in [0.717, 1.165) is 36.0 Å². The molecule has 0 aliphatic rings. The topological polar surface area (TPSA) is 12.9 Å². The molecule has 3 rings (SSSR count). The second-order valence-electron chi connectivity index (χ2n) is 7.86. The minimum absolute atomic E-state index is 0.195. The van der Waals surface area contributed by atoms with E-state index < -0.39 is 0 Å². The van der Waals surface area contributed by atoms with Crippen LogP contribution in [0, 0.1) is 5.82 Å². The molecule has 1 aromatic heterocycles. The summed E-state index contributed by atoms with van der Waals surface area (Å²) in [6.07, 6.45) is 11.5. The monoisotopic (exact) mass is 389 g/mol. The second kappa shape index (κ2) is 10.9. The van der Waals surface area contributed by atoms with Crippen molar-refractivity contribution in [3.63, 3.8) is 0 Å². The van der Waals surface area contributed by atoms with Crippen LogP contribution >= 0.6 is 0 Å². The zero-order valence-electron chi connectivity index (χ0n) is 17.8. The standard InChI is InChI=1S/C27H32FN/c1-3-5-6-7-8-10-21-11-14-23(15-12-21)24-16-18-27(29-20-24)25-17-13-22(9-4-2)19-26(25)28/h11-20H,3-10H2,1-2H3. The van der Waals surface area contributed by atoms with Crippen LogP contribution in [0.5, 0.6) is 0 Å². The summed E-state index contributed by atoms with van der Waals surface area (Å²) in [6, 6.07) is 18.2. The SMILES string of the molecule is CCCCCCCc1ccc(-c2ccc(-c3ccc(CCC)cc3F)nc2)cc1. The summed E-state index contributed by atoms with van der Waals surface area (Å²) in [4.78, 5) is 4.52. The van der Waals surface area contributed by atoms with E-state index in [9.17, 15) is 4.39 Å². The summed E-state index contributed by atoms with van der Waals surface area (Å²) < 4.78 is 14.5. The average Bonchev–Trinajstić information content (AvgIpc) is 2.75. The molecule has 0 fully saturated rings. The van der Waals surface area contributed by atoms with Crippen LogP contribution in [0.2, 0.25) is 0 Å². The fraction of sp³-hybridized carbons (Fsp3) is 0.370. The third-order valence-corrected chi connectivity index (χ3v) is 5.47. The molecule has 0 aliphatic carbocycles. The van der Waals surface area contributed by atoms with E-state index in [2.05, 4.69) is 43.1 Å². The van der Waals surface area contributed by atoms with E-state index >= 15 is 0 Å². The molecule has 0 N–H and O–H groups in total. The van der Waals surface area contributed by atoms with Gasteiger partial charge in [0.15, 0.2) is 0 Å². The number of unbranched alkanes of at least 4 members (excludes halogenated alkanes) is 4. The van der Waals surface area contributed by atoms with Crippen molar-refractivity contribution in [3.05, 3.63) is 77.7 Å². The highest BCUT2D eigenvalue weighted by atomic mass is 19.1. The van der Waals surface area contributed by atoms with Gasteiger partial charge in [0.1, 0.15) is 5.82 Å². The lowest BCUT2D eigenvalue weighted by Crippen LogP contribution is -1.92. The maximum absolute atomic E-state index is 14.5. The van der Waals surface area contributed by atoms with Crippen LogP contribution in [0.1, 0.15) is 63.5 Å². The Bertz CT molecular complexity index is 881. The van der Waals surface area contributed by atoms with E-state index in [0.29, 0.717) is 11.3 Å². The van der Waals surface area contributed by atoms with Crippen molar-refractivity contribution in [1.82, 2.24) is 4.98 Å². The highest BCUT2D eigenvalue weighted by Gasteiger charge is 2.08. The first-order valence-electron chi connectivity index (χ1n) is 11.1. The first kappa shape index (κ1) is 21.2. The van der Waals surface area contributed by atoms with Crippen molar-refractivity contribution in [3.8, 4) is 22.4 Å². The van der Waals surface area contributed by atoms with Gasteiger partial charge in [0.05, 0.1) is 5.69 Å². The molecule has 0 aliphatic heterocycles. The van der Waals surface area contributed by atoms with Crippen molar-refractivity contribution < 1.29 is 4.39 Å². The lowest BCUT2D eigenvalue weighted by molar-refractivity contribution is 0.628. The Balaban J connectivity index is 1.64. The van der Waals surface area contributed by atoms with Crippen molar-refractivity contribution in [2.45, 2.75) is 65.2 Å². The van der Waals surface area contributed by atoms with Gasteiger partial charge in [0, 0.05) is 17.3 Å². The van der Waals surface area contributed by atoms with Crippen LogP contribution < -0.4 is 0 Å². The Morgan fingerprint density at radius 3 is 2.07 bits per heavy atom. The summed E-state index contributed by atoms with van der Waals surface area (Å²) in [5.41, 5.74) is 5.89. The summed E-state index contributed by atoms with van der Waals surface area (Å²) in [6.45, 7) is 4.35. The number of rotatable bonds is 10. The Kier molecular flexibility index (Phi) is 7.98. The maximum Gasteiger partial charge on any atom is 0.132 e. The molecule has 2 heteroatoms. The summed E-state index contributed by atoms with van der Waals surface area (Å²) in [5.74, 6) is -0.195. The van der Waals surface area contributed by atoms with Gasteiger partial charge in [-0.05, 0) is 54.2 Å². The van der Waals surface area contributed by atoms with Crippen molar-refractivity contribution in [2.24, 2.45) is 0 Å². The molecule has 1 heterocycles. The van der Waals surface area contributed by atoms with E-state index in [1.165, 1.54) is 37.7 Å². The fourth-order valence-corrected chi connectivity index (χ4v) is 3.73. The van der Waals surface area contributed by atoms with E-state index in [1.807, 2.05) is 30.5 Å². The molecule has 29 heavy (non-hydrogen) atoms. The smallest absolute Gasteiger partial charge is 0.132 e. The van der Waals surface area contributed by atoms with Gasteiger partial charge in [0.2, 0.25) is 0 Å². The van der Waals surface area contributed by atoms with Gasteiger partial charge in [0.25, 0.3) is 0 Å². The van der Waals surface area contributed by atoms with Gasteiger partial charge < -0.3 is 0 Å². The van der Waals surface area contributed by atoms with E-state index in [-0.39, 0.29) is 5.82 Å². The molecule has 0 atom stereocenters. The molecule has 152 valence electrons. The lowest BCUT2D eigenvalue weighted by Gasteiger charge is -2.08.